The molecule has 0 atom stereocenters. The summed E-state index contributed by atoms with van der Waals surface area (Å²) in [5.41, 5.74) is 7.75. The Balaban J connectivity index is 1.30. The van der Waals surface area contributed by atoms with Crippen LogP contribution in [0.1, 0.15) is 38.3 Å². The Morgan fingerprint density at radius 2 is 2.05 bits per heavy atom. The molecule has 0 amide bonds. The van der Waals surface area contributed by atoms with E-state index >= 15 is 0 Å². The summed E-state index contributed by atoms with van der Waals surface area (Å²) < 4.78 is 0.739. The molecule has 3 N–H and O–H groups in total. The number of pyridine rings is 2. The standard InChI is InChI=1S/C30H30ClN7S/c1-3-18(16-32-17-19-7-5-6-8-19)15-20(4-2)22-9-10-23-27(34-22)28(38-37-23)30-35-26-21(13-14-33-29(26)36-30)24-11-12-25(31)39-24/h3-4,9-15,19,32H,1,5-8,16-17H2,2H3,(H,37,38)(H,33,35,36)/b18-15+,20-4+. The van der Waals surface area contributed by atoms with Crippen LogP contribution in [0.3, 0.4) is 0 Å². The number of halogens is 1. The van der Waals surface area contributed by atoms with Gasteiger partial charge in [-0.05, 0) is 79.8 Å². The molecular weight excluding hydrogens is 526 g/mol. The lowest BCUT2D eigenvalue weighted by Crippen LogP contribution is -2.23. The van der Waals surface area contributed by atoms with Gasteiger partial charge in [0.1, 0.15) is 5.52 Å². The van der Waals surface area contributed by atoms with Crippen LogP contribution in [0.15, 0.2) is 66.9 Å². The molecule has 0 radical (unpaired) electrons. The molecule has 0 unspecified atom stereocenters. The van der Waals surface area contributed by atoms with Gasteiger partial charge < -0.3 is 10.3 Å². The van der Waals surface area contributed by atoms with Crippen LogP contribution in [0.4, 0.5) is 0 Å². The number of thiophene rings is 1. The van der Waals surface area contributed by atoms with Gasteiger partial charge in [-0.1, -0.05) is 43.2 Å². The zero-order valence-corrected chi connectivity index (χ0v) is 23.4. The van der Waals surface area contributed by atoms with Crippen LogP contribution in [0.5, 0.6) is 0 Å². The molecule has 39 heavy (non-hydrogen) atoms. The van der Waals surface area contributed by atoms with Crippen molar-refractivity contribution < 1.29 is 0 Å². The summed E-state index contributed by atoms with van der Waals surface area (Å²) in [6, 6.07) is 9.90. The number of allylic oxidation sites excluding steroid dienone is 3. The van der Waals surface area contributed by atoms with E-state index in [4.69, 9.17) is 21.6 Å². The van der Waals surface area contributed by atoms with Crippen LogP contribution in [-0.4, -0.2) is 43.2 Å². The quantitative estimate of drug-likeness (QED) is 0.163. The number of aromatic nitrogens is 6. The van der Waals surface area contributed by atoms with Crippen molar-refractivity contribution >= 4 is 50.7 Å². The minimum atomic E-state index is 0.615. The Morgan fingerprint density at radius 1 is 1.18 bits per heavy atom. The molecule has 1 aliphatic rings. The number of fused-ring (bicyclic) bond motifs is 2. The third-order valence-electron chi connectivity index (χ3n) is 7.31. The summed E-state index contributed by atoms with van der Waals surface area (Å²) in [6.45, 7) is 7.93. The predicted molar refractivity (Wildman–Crippen MR) is 162 cm³/mol. The zero-order chi connectivity index (χ0) is 26.8. The first-order chi connectivity index (χ1) is 19.1. The highest BCUT2D eigenvalue weighted by Gasteiger charge is 2.18. The van der Waals surface area contributed by atoms with Crippen molar-refractivity contribution in [3.05, 3.63) is 76.9 Å². The van der Waals surface area contributed by atoms with Crippen LogP contribution in [0, 0.1) is 5.92 Å². The second-order valence-corrected chi connectivity index (χ2v) is 11.6. The van der Waals surface area contributed by atoms with Gasteiger partial charge in [0.25, 0.3) is 0 Å². The third-order valence-corrected chi connectivity index (χ3v) is 8.57. The monoisotopic (exact) mass is 555 g/mol. The second kappa shape index (κ2) is 11.3. The zero-order valence-electron chi connectivity index (χ0n) is 21.8. The maximum atomic E-state index is 6.20. The fourth-order valence-electron chi connectivity index (χ4n) is 5.23. The predicted octanol–water partition coefficient (Wildman–Crippen LogP) is 7.57. The van der Waals surface area contributed by atoms with Gasteiger partial charge in [0.2, 0.25) is 0 Å². The second-order valence-electron chi connectivity index (χ2n) is 9.86. The number of aromatic amines is 2. The molecule has 5 aromatic heterocycles. The van der Waals surface area contributed by atoms with E-state index in [1.807, 2.05) is 43.3 Å². The Hall–Kier alpha value is -3.59. The lowest BCUT2D eigenvalue weighted by molar-refractivity contribution is 0.503. The van der Waals surface area contributed by atoms with E-state index in [1.54, 1.807) is 6.20 Å². The first kappa shape index (κ1) is 25.7. The van der Waals surface area contributed by atoms with Gasteiger partial charge in [-0.3, -0.25) is 5.10 Å². The Bertz CT molecular complexity index is 1700. The average Bonchev–Trinajstić information content (AvgIpc) is 3.76. The molecule has 5 heterocycles. The van der Waals surface area contributed by atoms with Crippen molar-refractivity contribution in [1.29, 1.82) is 0 Å². The number of hydrogen-bond acceptors (Lipinski definition) is 6. The number of H-pyrrole nitrogens is 2. The SMILES string of the molecule is C=C/C(=C\C(=C/C)c1ccc2[nH]nc(-c3nc4nccc(-c5ccc(Cl)s5)c4[nH]3)c2n1)CNCC1CCCC1. The highest BCUT2D eigenvalue weighted by atomic mass is 35.5. The molecule has 1 aliphatic carbocycles. The van der Waals surface area contributed by atoms with Crippen LogP contribution in [0.25, 0.3) is 49.7 Å². The normalized spacial score (nSPS) is 15.1. The summed E-state index contributed by atoms with van der Waals surface area (Å²) in [5.74, 6) is 1.41. The van der Waals surface area contributed by atoms with Gasteiger partial charge in [-0.2, -0.15) is 5.10 Å². The number of nitrogens with zero attached hydrogens (tertiary/aromatic N) is 4. The van der Waals surface area contributed by atoms with Gasteiger partial charge in [0.05, 0.1) is 21.1 Å². The number of rotatable bonds is 9. The van der Waals surface area contributed by atoms with Crippen molar-refractivity contribution in [3.63, 3.8) is 0 Å². The molecule has 1 saturated carbocycles. The molecule has 6 rings (SSSR count). The number of nitrogens with one attached hydrogen (secondary N) is 3. The Labute approximate surface area is 236 Å². The molecule has 1 fully saturated rings. The summed E-state index contributed by atoms with van der Waals surface area (Å²) in [4.78, 5) is 18.7. The van der Waals surface area contributed by atoms with E-state index < -0.39 is 0 Å². The number of hydrogen-bond donors (Lipinski definition) is 3. The van der Waals surface area contributed by atoms with E-state index in [-0.39, 0.29) is 0 Å². The van der Waals surface area contributed by atoms with Crippen LogP contribution < -0.4 is 5.32 Å². The Morgan fingerprint density at radius 3 is 2.82 bits per heavy atom. The summed E-state index contributed by atoms with van der Waals surface area (Å²) in [7, 11) is 0. The molecule has 5 aromatic rings. The fourth-order valence-corrected chi connectivity index (χ4v) is 6.31. The van der Waals surface area contributed by atoms with E-state index in [0.717, 1.165) is 67.2 Å². The highest BCUT2D eigenvalue weighted by Crippen LogP contribution is 2.35. The van der Waals surface area contributed by atoms with Gasteiger partial charge in [0, 0.05) is 23.2 Å². The molecule has 7 nitrogen and oxygen atoms in total. The first-order valence-corrected chi connectivity index (χ1v) is 14.5. The third kappa shape index (κ3) is 5.32. The van der Waals surface area contributed by atoms with E-state index in [0.29, 0.717) is 17.2 Å². The summed E-state index contributed by atoms with van der Waals surface area (Å²) in [5, 5.41) is 11.3. The molecule has 0 spiro atoms. The van der Waals surface area contributed by atoms with E-state index in [1.165, 1.54) is 37.0 Å². The lowest BCUT2D eigenvalue weighted by Gasteiger charge is -2.11. The maximum Gasteiger partial charge on any atom is 0.178 e. The van der Waals surface area contributed by atoms with Crippen molar-refractivity contribution in [3.8, 4) is 22.0 Å². The van der Waals surface area contributed by atoms with Gasteiger partial charge in [-0.25, -0.2) is 15.0 Å². The summed E-state index contributed by atoms with van der Waals surface area (Å²) in [6.07, 6.45) is 13.3. The molecule has 0 bridgehead atoms. The fraction of sp³-hybridized carbons (Fsp3) is 0.267. The highest BCUT2D eigenvalue weighted by molar-refractivity contribution is 7.19. The smallest absolute Gasteiger partial charge is 0.178 e. The van der Waals surface area contributed by atoms with Gasteiger partial charge in [0.15, 0.2) is 17.2 Å². The molecule has 0 saturated heterocycles. The van der Waals surface area contributed by atoms with Crippen LogP contribution >= 0.6 is 22.9 Å². The van der Waals surface area contributed by atoms with Gasteiger partial charge >= 0.3 is 0 Å². The van der Waals surface area contributed by atoms with Crippen molar-refractivity contribution in [2.45, 2.75) is 32.6 Å². The Kier molecular flexibility index (Phi) is 7.41. The average molecular weight is 556 g/mol. The maximum absolute atomic E-state index is 6.20. The first-order valence-electron chi connectivity index (χ1n) is 13.3. The molecule has 9 heteroatoms. The van der Waals surface area contributed by atoms with Crippen LogP contribution in [-0.2, 0) is 0 Å². The topological polar surface area (TPSA) is 95.2 Å². The minimum Gasteiger partial charge on any atom is -0.335 e. The minimum absolute atomic E-state index is 0.615. The van der Waals surface area contributed by atoms with E-state index in [9.17, 15) is 0 Å². The van der Waals surface area contributed by atoms with Crippen LogP contribution in [0.2, 0.25) is 4.34 Å². The molecule has 0 aromatic carbocycles. The van der Waals surface area contributed by atoms with Gasteiger partial charge in [-0.15, -0.1) is 11.3 Å². The van der Waals surface area contributed by atoms with Crippen molar-refractivity contribution in [1.82, 2.24) is 35.5 Å². The van der Waals surface area contributed by atoms with E-state index in [2.05, 4.69) is 44.2 Å². The van der Waals surface area contributed by atoms with Crippen molar-refractivity contribution in [2.75, 3.05) is 13.1 Å². The largest absolute Gasteiger partial charge is 0.335 e. The molecule has 0 aliphatic heterocycles. The number of imidazole rings is 1. The summed E-state index contributed by atoms with van der Waals surface area (Å²) >= 11 is 7.72. The molecular formula is C30H30ClN7S. The molecule has 198 valence electrons. The lowest BCUT2D eigenvalue weighted by atomic mass is 10.1. The van der Waals surface area contributed by atoms with Crippen molar-refractivity contribution in [2.24, 2.45) is 5.92 Å².